The van der Waals surface area contributed by atoms with Gasteiger partial charge in [0.2, 0.25) is 0 Å². The maximum absolute atomic E-state index is 11.7. The Bertz CT molecular complexity index is 476. The molecule has 0 saturated carbocycles. The first-order valence-corrected chi connectivity index (χ1v) is 5.44. The summed E-state index contributed by atoms with van der Waals surface area (Å²) in [5, 5.41) is 19.0. The maximum atomic E-state index is 11.7. The number of hydrogen-bond donors (Lipinski definition) is 2. The molecule has 8 nitrogen and oxygen atoms in total. The molecule has 1 rings (SSSR count). The van der Waals surface area contributed by atoms with Crippen molar-refractivity contribution in [3.8, 4) is 0 Å². The zero-order chi connectivity index (χ0) is 14.4. The summed E-state index contributed by atoms with van der Waals surface area (Å²) in [5.41, 5.74) is 5.35. The van der Waals surface area contributed by atoms with Gasteiger partial charge >= 0.3 is 5.97 Å². The average molecular weight is 267 g/mol. The lowest BCUT2D eigenvalue weighted by atomic mass is 10.1. The fourth-order valence-electron chi connectivity index (χ4n) is 1.41. The van der Waals surface area contributed by atoms with Crippen molar-refractivity contribution in [1.29, 1.82) is 0 Å². The minimum Gasteiger partial charge on any atom is -0.480 e. The van der Waals surface area contributed by atoms with E-state index in [4.69, 9.17) is 10.8 Å². The number of carboxylic acids is 1. The van der Waals surface area contributed by atoms with E-state index in [9.17, 15) is 19.7 Å². The molecule has 1 atom stereocenters. The van der Waals surface area contributed by atoms with Crippen LogP contribution in [0.2, 0.25) is 0 Å². The largest absolute Gasteiger partial charge is 0.480 e. The van der Waals surface area contributed by atoms with Gasteiger partial charge in [-0.25, -0.2) is 10.1 Å². The number of benzene rings is 1. The molecule has 8 heteroatoms. The number of carbonyl (C=O) groups is 2. The Morgan fingerprint density at radius 1 is 1.37 bits per heavy atom. The van der Waals surface area contributed by atoms with Gasteiger partial charge < -0.3 is 10.8 Å². The summed E-state index contributed by atoms with van der Waals surface area (Å²) in [5.74, 6) is -2.06. The monoisotopic (exact) mass is 267 g/mol. The molecule has 0 aliphatic carbocycles. The number of rotatable bonds is 6. The second kappa shape index (κ2) is 6.45. The lowest BCUT2D eigenvalue weighted by molar-refractivity contribution is -0.483. The predicted octanol–water partition coefficient (Wildman–Crippen LogP) is 0.403. The SMILES string of the molecule is NC(CCC(=O)N(c1ccccc1)[N+](=O)[O-])C(=O)O. The maximum Gasteiger partial charge on any atom is 0.320 e. The number of para-hydroxylation sites is 1. The van der Waals surface area contributed by atoms with E-state index in [1.165, 1.54) is 12.1 Å². The number of nitro groups is 1. The van der Waals surface area contributed by atoms with Crippen LogP contribution in [0, 0.1) is 10.1 Å². The second-order valence-electron chi connectivity index (χ2n) is 3.76. The molecule has 3 N–H and O–H groups in total. The second-order valence-corrected chi connectivity index (χ2v) is 3.76. The van der Waals surface area contributed by atoms with E-state index in [1.54, 1.807) is 18.2 Å². The predicted molar refractivity (Wildman–Crippen MR) is 65.8 cm³/mol. The number of anilines is 1. The van der Waals surface area contributed by atoms with Gasteiger partial charge in [-0.3, -0.25) is 9.59 Å². The first kappa shape index (κ1) is 14.6. The van der Waals surface area contributed by atoms with Crippen LogP contribution in [0.5, 0.6) is 0 Å². The molecular weight excluding hydrogens is 254 g/mol. The van der Waals surface area contributed by atoms with E-state index in [0.29, 0.717) is 5.01 Å². The van der Waals surface area contributed by atoms with Crippen LogP contribution < -0.4 is 10.7 Å². The Kier molecular flexibility index (Phi) is 4.95. The molecule has 0 fully saturated rings. The van der Waals surface area contributed by atoms with Crippen molar-refractivity contribution >= 4 is 17.6 Å². The number of aliphatic carboxylic acids is 1. The van der Waals surface area contributed by atoms with E-state index < -0.39 is 23.0 Å². The van der Waals surface area contributed by atoms with Crippen LogP contribution in [-0.2, 0) is 9.59 Å². The zero-order valence-corrected chi connectivity index (χ0v) is 9.93. The van der Waals surface area contributed by atoms with Crippen LogP contribution >= 0.6 is 0 Å². The number of amides is 1. The number of hydrazine groups is 1. The molecule has 0 saturated heterocycles. The van der Waals surface area contributed by atoms with Gasteiger partial charge in [0, 0.05) is 6.42 Å². The van der Waals surface area contributed by atoms with Crippen molar-refractivity contribution < 1.29 is 19.7 Å². The van der Waals surface area contributed by atoms with E-state index >= 15 is 0 Å². The summed E-state index contributed by atoms with van der Waals surface area (Å²) in [6.45, 7) is 0. The van der Waals surface area contributed by atoms with Crippen LogP contribution in [0.3, 0.4) is 0 Å². The highest BCUT2D eigenvalue weighted by Crippen LogP contribution is 2.15. The van der Waals surface area contributed by atoms with Gasteiger partial charge in [0.25, 0.3) is 5.91 Å². The van der Waals surface area contributed by atoms with Crippen LogP contribution in [0.4, 0.5) is 5.69 Å². The fourth-order valence-corrected chi connectivity index (χ4v) is 1.41. The summed E-state index contributed by atoms with van der Waals surface area (Å²) in [4.78, 5) is 33.1. The molecule has 0 spiro atoms. The standard InChI is InChI=1S/C11H13N3O5/c12-9(11(16)17)6-7-10(15)13(14(18)19)8-4-2-1-3-5-8/h1-5,9H,6-7,12H2,(H,16,17). The van der Waals surface area contributed by atoms with Gasteiger partial charge in [-0.15, -0.1) is 0 Å². The summed E-state index contributed by atoms with van der Waals surface area (Å²) >= 11 is 0. The lowest BCUT2D eigenvalue weighted by Gasteiger charge is -2.12. The summed E-state index contributed by atoms with van der Waals surface area (Å²) in [6, 6.07) is 6.39. The number of hydrogen-bond acceptors (Lipinski definition) is 5. The first-order valence-electron chi connectivity index (χ1n) is 5.44. The van der Waals surface area contributed by atoms with Gasteiger partial charge in [0.05, 0.1) is 0 Å². The molecule has 1 amide bonds. The minimum atomic E-state index is -1.25. The van der Waals surface area contributed by atoms with Crippen molar-refractivity contribution in [2.75, 3.05) is 5.01 Å². The molecule has 1 aromatic rings. The molecule has 0 aliphatic rings. The molecule has 0 radical (unpaired) electrons. The van der Waals surface area contributed by atoms with Crippen molar-refractivity contribution in [3.05, 3.63) is 40.4 Å². The molecular formula is C11H13N3O5. The van der Waals surface area contributed by atoms with Crippen LogP contribution in [0.25, 0.3) is 0 Å². The summed E-state index contributed by atoms with van der Waals surface area (Å²) in [7, 11) is 0. The van der Waals surface area contributed by atoms with Crippen molar-refractivity contribution in [2.24, 2.45) is 5.73 Å². The van der Waals surface area contributed by atoms with Crippen molar-refractivity contribution in [3.63, 3.8) is 0 Å². The summed E-state index contributed by atoms with van der Waals surface area (Å²) in [6.07, 6.45) is -0.477. The Morgan fingerprint density at radius 2 is 1.95 bits per heavy atom. The normalized spacial score (nSPS) is 11.6. The molecule has 19 heavy (non-hydrogen) atoms. The third-order valence-electron chi connectivity index (χ3n) is 2.39. The van der Waals surface area contributed by atoms with Gasteiger partial charge in [0.1, 0.15) is 11.7 Å². The smallest absolute Gasteiger partial charge is 0.320 e. The van der Waals surface area contributed by atoms with E-state index in [2.05, 4.69) is 0 Å². The van der Waals surface area contributed by atoms with Crippen LogP contribution in [0.15, 0.2) is 30.3 Å². The number of nitrogens with two attached hydrogens (primary N) is 1. The van der Waals surface area contributed by atoms with Gasteiger partial charge in [-0.05, 0) is 23.6 Å². The van der Waals surface area contributed by atoms with Crippen LogP contribution in [-0.4, -0.2) is 28.1 Å². The van der Waals surface area contributed by atoms with E-state index in [-0.39, 0.29) is 18.5 Å². The quantitative estimate of drug-likeness (QED) is 0.567. The fraction of sp³-hybridized carbons (Fsp3) is 0.273. The minimum absolute atomic E-state index is 0.112. The van der Waals surface area contributed by atoms with Crippen molar-refractivity contribution in [2.45, 2.75) is 18.9 Å². The number of nitrogens with zero attached hydrogens (tertiary/aromatic N) is 2. The molecule has 0 heterocycles. The molecule has 102 valence electrons. The van der Waals surface area contributed by atoms with E-state index in [0.717, 1.165) is 0 Å². The Balaban J connectivity index is 2.76. The lowest BCUT2D eigenvalue weighted by Crippen LogP contribution is -2.38. The molecule has 1 unspecified atom stereocenters. The van der Waals surface area contributed by atoms with Crippen molar-refractivity contribution in [1.82, 2.24) is 0 Å². The highest BCUT2D eigenvalue weighted by Gasteiger charge is 2.27. The number of carboxylic acid groups (broad SMARTS) is 1. The first-order chi connectivity index (χ1) is 8.93. The molecule has 1 aromatic carbocycles. The molecule has 0 bridgehead atoms. The Morgan fingerprint density at radius 3 is 2.42 bits per heavy atom. The van der Waals surface area contributed by atoms with Gasteiger partial charge in [0.15, 0.2) is 5.03 Å². The van der Waals surface area contributed by atoms with Gasteiger partial charge in [-0.1, -0.05) is 18.2 Å². The zero-order valence-electron chi connectivity index (χ0n) is 9.93. The molecule has 0 aromatic heterocycles. The number of carbonyl (C=O) groups excluding carboxylic acids is 1. The van der Waals surface area contributed by atoms with Gasteiger partial charge in [-0.2, -0.15) is 0 Å². The highest BCUT2D eigenvalue weighted by molar-refractivity contribution is 5.91. The Hall–Kier alpha value is -2.48. The van der Waals surface area contributed by atoms with Crippen LogP contribution in [0.1, 0.15) is 12.8 Å². The molecule has 0 aliphatic heterocycles. The third kappa shape index (κ3) is 4.03. The highest BCUT2D eigenvalue weighted by atomic mass is 16.7. The van der Waals surface area contributed by atoms with E-state index in [1.807, 2.05) is 0 Å². The third-order valence-corrected chi connectivity index (χ3v) is 2.39. The average Bonchev–Trinajstić information content (AvgIpc) is 2.36. The summed E-state index contributed by atoms with van der Waals surface area (Å²) < 4.78 is 0. The topological polar surface area (TPSA) is 127 Å². The Labute approximate surface area is 108 Å².